The van der Waals surface area contributed by atoms with Gasteiger partial charge >= 0.3 is 6.16 Å². The summed E-state index contributed by atoms with van der Waals surface area (Å²) in [6.45, 7) is 16.3. The molecule has 0 aromatic carbocycles. The van der Waals surface area contributed by atoms with Gasteiger partial charge in [-0.25, -0.2) is 4.79 Å². The highest BCUT2D eigenvalue weighted by atomic mass is 28.4. The molecule has 0 fully saturated rings. The smallest absolute Gasteiger partial charge is 0.438 e. The fourth-order valence-electron chi connectivity index (χ4n) is 1.20. The van der Waals surface area contributed by atoms with Crippen molar-refractivity contribution in [1.29, 1.82) is 0 Å². The van der Waals surface area contributed by atoms with Crippen molar-refractivity contribution in [3.8, 4) is 0 Å². The first-order valence-corrected chi connectivity index (χ1v) is 9.01. The van der Waals surface area contributed by atoms with Crippen LogP contribution in [0, 0.1) is 0 Å². The number of ether oxygens (including phenoxy) is 2. The highest BCUT2D eigenvalue weighted by molar-refractivity contribution is 6.74. The minimum Gasteiger partial charge on any atom is -0.438 e. The number of hydrogen-bond donors (Lipinski definition) is 0. The average molecular weight is 274 g/mol. The lowest BCUT2D eigenvalue weighted by Gasteiger charge is -2.39. The standard InChI is InChI=1S/C13H26O4Si/c1-9-11(16-12(14)15-6)10(2)17-18(7,8)13(3,4)5/h9-11H,1H2,2-8H3/t10-,11?/m0/s1. The van der Waals surface area contributed by atoms with Gasteiger partial charge in [0.25, 0.3) is 0 Å². The molecule has 106 valence electrons. The second-order valence-corrected chi connectivity index (χ2v) is 10.6. The maximum absolute atomic E-state index is 11.1. The van der Waals surface area contributed by atoms with E-state index in [9.17, 15) is 4.79 Å². The maximum Gasteiger partial charge on any atom is 0.508 e. The molecule has 0 spiro atoms. The highest BCUT2D eigenvalue weighted by Crippen LogP contribution is 2.37. The summed E-state index contributed by atoms with van der Waals surface area (Å²) in [4.78, 5) is 11.1. The summed E-state index contributed by atoms with van der Waals surface area (Å²) in [5.74, 6) is 0. The van der Waals surface area contributed by atoms with Gasteiger partial charge in [-0.3, -0.25) is 0 Å². The molecule has 0 rings (SSSR count). The molecule has 0 radical (unpaired) electrons. The molecule has 2 atom stereocenters. The Morgan fingerprint density at radius 2 is 1.83 bits per heavy atom. The van der Waals surface area contributed by atoms with E-state index in [2.05, 4.69) is 45.2 Å². The molecule has 0 aliphatic heterocycles. The van der Waals surface area contributed by atoms with Crippen LogP contribution in [0.25, 0.3) is 0 Å². The predicted octanol–water partition coefficient (Wildman–Crippen LogP) is 3.73. The highest BCUT2D eigenvalue weighted by Gasteiger charge is 2.39. The van der Waals surface area contributed by atoms with E-state index in [1.807, 2.05) is 6.92 Å². The Morgan fingerprint density at radius 3 is 2.17 bits per heavy atom. The summed E-state index contributed by atoms with van der Waals surface area (Å²) in [5, 5.41) is 0.109. The Hall–Kier alpha value is -0.813. The van der Waals surface area contributed by atoms with E-state index in [0.717, 1.165) is 0 Å². The van der Waals surface area contributed by atoms with Gasteiger partial charge < -0.3 is 13.9 Å². The monoisotopic (exact) mass is 274 g/mol. The number of methoxy groups -OCH3 is 1. The number of carbonyl (C=O) groups is 1. The first-order chi connectivity index (χ1) is 8.05. The Morgan fingerprint density at radius 1 is 1.33 bits per heavy atom. The van der Waals surface area contributed by atoms with E-state index in [1.165, 1.54) is 7.11 Å². The molecule has 0 amide bonds. The van der Waals surface area contributed by atoms with Gasteiger partial charge in [0, 0.05) is 0 Å². The van der Waals surface area contributed by atoms with Gasteiger partial charge in [-0.05, 0) is 31.1 Å². The second kappa shape index (κ2) is 6.38. The van der Waals surface area contributed by atoms with Crippen LogP contribution in [0.2, 0.25) is 18.1 Å². The number of carbonyl (C=O) groups excluding carboxylic acids is 1. The Kier molecular flexibility index (Phi) is 6.09. The summed E-state index contributed by atoms with van der Waals surface area (Å²) in [7, 11) is -0.609. The topological polar surface area (TPSA) is 44.8 Å². The quantitative estimate of drug-likeness (QED) is 0.435. The summed E-state index contributed by atoms with van der Waals surface area (Å²) in [6.07, 6.45) is 0.119. The van der Waals surface area contributed by atoms with Crippen LogP contribution < -0.4 is 0 Å². The van der Waals surface area contributed by atoms with Crippen molar-refractivity contribution >= 4 is 14.5 Å². The van der Waals surface area contributed by atoms with E-state index in [-0.39, 0.29) is 11.1 Å². The third-order valence-corrected chi connectivity index (χ3v) is 7.95. The first-order valence-electron chi connectivity index (χ1n) is 6.10. The van der Waals surface area contributed by atoms with Crippen molar-refractivity contribution in [3.05, 3.63) is 12.7 Å². The second-order valence-electron chi connectivity index (χ2n) is 5.86. The number of rotatable bonds is 5. The molecular weight excluding hydrogens is 248 g/mol. The van der Waals surface area contributed by atoms with Crippen LogP contribution in [0.4, 0.5) is 4.79 Å². The van der Waals surface area contributed by atoms with Crippen molar-refractivity contribution in [1.82, 2.24) is 0 Å². The van der Waals surface area contributed by atoms with Gasteiger partial charge in [-0.2, -0.15) is 0 Å². The van der Waals surface area contributed by atoms with E-state index < -0.39 is 20.6 Å². The molecule has 0 aliphatic rings. The lowest BCUT2D eigenvalue weighted by molar-refractivity contribution is 0.00706. The third-order valence-electron chi connectivity index (χ3n) is 3.38. The summed E-state index contributed by atoms with van der Waals surface area (Å²) in [6, 6.07) is 0. The van der Waals surface area contributed by atoms with Crippen molar-refractivity contribution < 1.29 is 18.7 Å². The van der Waals surface area contributed by atoms with Crippen LogP contribution in [0.15, 0.2) is 12.7 Å². The zero-order valence-corrected chi connectivity index (χ0v) is 13.6. The van der Waals surface area contributed by atoms with Gasteiger partial charge in [0.2, 0.25) is 0 Å². The Labute approximate surface area is 111 Å². The molecule has 5 heteroatoms. The van der Waals surface area contributed by atoms with Crippen molar-refractivity contribution in [2.75, 3.05) is 7.11 Å². The fourth-order valence-corrected chi connectivity index (χ4v) is 2.62. The van der Waals surface area contributed by atoms with E-state index in [4.69, 9.17) is 9.16 Å². The summed E-state index contributed by atoms with van der Waals surface area (Å²) < 4.78 is 15.7. The lowest BCUT2D eigenvalue weighted by atomic mass is 10.2. The maximum atomic E-state index is 11.1. The molecule has 0 aliphatic carbocycles. The summed E-state index contributed by atoms with van der Waals surface area (Å²) in [5.41, 5.74) is 0. The average Bonchev–Trinajstić information content (AvgIpc) is 2.22. The van der Waals surface area contributed by atoms with Gasteiger partial charge in [0.1, 0.15) is 6.10 Å². The van der Waals surface area contributed by atoms with Crippen LogP contribution >= 0.6 is 0 Å². The molecule has 18 heavy (non-hydrogen) atoms. The van der Waals surface area contributed by atoms with Crippen molar-refractivity contribution in [2.45, 2.75) is 58.0 Å². The van der Waals surface area contributed by atoms with Crippen LogP contribution in [0.1, 0.15) is 27.7 Å². The fraction of sp³-hybridized carbons (Fsp3) is 0.769. The van der Waals surface area contributed by atoms with Gasteiger partial charge in [-0.1, -0.05) is 27.4 Å². The van der Waals surface area contributed by atoms with E-state index in [1.54, 1.807) is 6.08 Å². The minimum absolute atomic E-state index is 0.109. The van der Waals surface area contributed by atoms with Crippen LogP contribution in [-0.2, 0) is 13.9 Å². The molecule has 0 N–H and O–H groups in total. The molecular formula is C13H26O4Si. The summed E-state index contributed by atoms with van der Waals surface area (Å²) >= 11 is 0. The molecule has 4 nitrogen and oxygen atoms in total. The molecule has 0 saturated heterocycles. The van der Waals surface area contributed by atoms with Crippen LogP contribution in [0.3, 0.4) is 0 Å². The lowest BCUT2D eigenvalue weighted by Crippen LogP contribution is -2.46. The van der Waals surface area contributed by atoms with Gasteiger partial charge in [0.05, 0.1) is 13.2 Å². The largest absolute Gasteiger partial charge is 0.508 e. The first kappa shape index (κ1) is 17.2. The third kappa shape index (κ3) is 4.82. The van der Waals surface area contributed by atoms with Crippen LogP contribution in [-0.4, -0.2) is 33.8 Å². The zero-order chi connectivity index (χ0) is 14.6. The van der Waals surface area contributed by atoms with Gasteiger partial charge in [-0.15, -0.1) is 0 Å². The zero-order valence-electron chi connectivity index (χ0n) is 12.6. The molecule has 0 saturated carbocycles. The van der Waals surface area contributed by atoms with E-state index >= 15 is 0 Å². The molecule has 1 unspecified atom stereocenters. The Balaban J connectivity index is 4.67. The van der Waals surface area contributed by atoms with Gasteiger partial charge in [0.15, 0.2) is 8.32 Å². The SMILES string of the molecule is C=CC(OC(=O)OC)[C@H](C)O[Si](C)(C)C(C)(C)C. The predicted molar refractivity (Wildman–Crippen MR) is 75.2 cm³/mol. The molecule has 0 aromatic heterocycles. The minimum atomic E-state index is -1.89. The van der Waals surface area contributed by atoms with Crippen molar-refractivity contribution in [3.63, 3.8) is 0 Å². The van der Waals surface area contributed by atoms with Crippen molar-refractivity contribution in [2.24, 2.45) is 0 Å². The Bertz CT molecular complexity index is 294. The van der Waals surface area contributed by atoms with E-state index in [0.29, 0.717) is 0 Å². The van der Waals surface area contributed by atoms with Crippen LogP contribution in [0.5, 0.6) is 0 Å². The molecule has 0 heterocycles. The number of hydrogen-bond acceptors (Lipinski definition) is 4. The normalized spacial score (nSPS) is 15.7. The molecule has 0 bridgehead atoms. The molecule has 0 aromatic rings.